The molecule has 0 aromatic heterocycles. The maximum atomic E-state index is 10.3. The summed E-state index contributed by atoms with van der Waals surface area (Å²) in [6, 6.07) is 3.24. The highest BCUT2D eigenvalue weighted by Crippen LogP contribution is 2.37. The number of hydrogen-bond donors (Lipinski definition) is 0. The summed E-state index contributed by atoms with van der Waals surface area (Å²) in [6.07, 6.45) is 3.04. The second-order valence-corrected chi connectivity index (χ2v) is 4.38. The van der Waals surface area contributed by atoms with Crippen LogP contribution < -0.4 is 9.47 Å². The van der Waals surface area contributed by atoms with E-state index in [1.54, 1.807) is 12.1 Å². The first kappa shape index (κ1) is 15.3. The molecule has 0 fully saturated rings. The Bertz CT molecular complexity index is 488. The Morgan fingerprint density at radius 2 is 2.21 bits per heavy atom. The van der Waals surface area contributed by atoms with Gasteiger partial charge < -0.3 is 9.47 Å². The number of nitro groups is 1. The summed E-state index contributed by atoms with van der Waals surface area (Å²) in [5, 5.41) is 10.7. The van der Waals surface area contributed by atoms with Crippen molar-refractivity contribution in [2.45, 2.75) is 26.4 Å². The van der Waals surface area contributed by atoms with Crippen molar-refractivity contribution >= 4 is 17.7 Å². The number of methoxy groups -OCH3 is 1. The summed E-state index contributed by atoms with van der Waals surface area (Å²) in [5.74, 6) is 0.910. The monoisotopic (exact) mass is 285 g/mol. The van der Waals surface area contributed by atoms with Gasteiger partial charge in [-0.2, -0.15) is 0 Å². The van der Waals surface area contributed by atoms with Crippen LogP contribution in [0.1, 0.15) is 25.8 Å². The standard InChI is InChI=1S/C13H16ClNO4/c1-4-9(2)19-13-11(14)7-10(5-6-15(16)17)8-12(13)18-3/h5-9H,4H2,1-3H3/b6-5-/t9-/m1/s1. The van der Waals surface area contributed by atoms with Crippen LogP contribution in [0.3, 0.4) is 0 Å². The van der Waals surface area contributed by atoms with Crippen molar-refractivity contribution in [2.24, 2.45) is 0 Å². The molecule has 1 atom stereocenters. The van der Waals surface area contributed by atoms with Crippen molar-refractivity contribution in [2.75, 3.05) is 7.11 Å². The van der Waals surface area contributed by atoms with Crippen LogP contribution in [0.15, 0.2) is 18.3 Å². The molecule has 0 unspecified atom stereocenters. The molecule has 0 N–H and O–H groups in total. The first-order valence-electron chi connectivity index (χ1n) is 5.83. The molecule has 0 aliphatic carbocycles. The fraction of sp³-hybridized carbons (Fsp3) is 0.385. The molecule has 0 amide bonds. The Morgan fingerprint density at radius 3 is 2.74 bits per heavy atom. The van der Waals surface area contributed by atoms with E-state index in [1.165, 1.54) is 13.2 Å². The number of rotatable bonds is 6. The van der Waals surface area contributed by atoms with E-state index in [-0.39, 0.29) is 6.10 Å². The van der Waals surface area contributed by atoms with Crippen LogP contribution in [0, 0.1) is 10.1 Å². The molecule has 0 saturated heterocycles. The Labute approximate surface area is 116 Å². The van der Waals surface area contributed by atoms with E-state index in [0.29, 0.717) is 22.1 Å². The number of nitrogens with zero attached hydrogens (tertiary/aromatic N) is 1. The Hall–Kier alpha value is -1.75. The van der Waals surface area contributed by atoms with Gasteiger partial charge in [-0.15, -0.1) is 0 Å². The normalized spacial score (nSPS) is 12.4. The summed E-state index contributed by atoms with van der Waals surface area (Å²) in [4.78, 5) is 9.76. The van der Waals surface area contributed by atoms with Crippen LogP contribution in [0.25, 0.3) is 6.08 Å². The molecular weight excluding hydrogens is 270 g/mol. The van der Waals surface area contributed by atoms with Crippen molar-refractivity contribution in [1.29, 1.82) is 0 Å². The summed E-state index contributed by atoms with van der Waals surface area (Å²) < 4.78 is 10.9. The van der Waals surface area contributed by atoms with Crippen LogP contribution in [0.2, 0.25) is 5.02 Å². The van der Waals surface area contributed by atoms with Crippen LogP contribution in [0.5, 0.6) is 11.5 Å². The van der Waals surface area contributed by atoms with E-state index in [1.807, 2.05) is 13.8 Å². The largest absolute Gasteiger partial charge is 0.493 e. The van der Waals surface area contributed by atoms with Gasteiger partial charge in [0.05, 0.1) is 23.2 Å². The second-order valence-electron chi connectivity index (χ2n) is 3.97. The predicted molar refractivity (Wildman–Crippen MR) is 74.4 cm³/mol. The number of ether oxygens (including phenoxy) is 2. The molecule has 1 aromatic rings. The Morgan fingerprint density at radius 1 is 1.53 bits per heavy atom. The van der Waals surface area contributed by atoms with Gasteiger partial charge in [0.2, 0.25) is 6.20 Å². The maximum absolute atomic E-state index is 10.3. The lowest BCUT2D eigenvalue weighted by Gasteiger charge is -2.17. The van der Waals surface area contributed by atoms with Crippen LogP contribution >= 0.6 is 11.6 Å². The van der Waals surface area contributed by atoms with E-state index in [0.717, 1.165) is 12.6 Å². The van der Waals surface area contributed by atoms with E-state index in [4.69, 9.17) is 21.1 Å². The summed E-state index contributed by atoms with van der Waals surface area (Å²) in [7, 11) is 1.50. The number of hydrogen-bond acceptors (Lipinski definition) is 4. The Balaban J connectivity index is 3.10. The van der Waals surface area contributed by atoms with Gasteiger partial charge in [0.15, 0.2) is 11.5 Å². The van der Waals surface area contributed by atoms with E-state index < -0.39 is 4.92 Å². The third-order valence-corrected chi connectivity index (χ3v) is 2.82. The molecule has 0 aliphatic rings. The molecule has 104 valence electrons. The van der Waals surface area contributed by atoms with Gasteiger partial charge >= 0.3 is 0 Å². The zero-order valence-corrected chi connectivity index (χ0v) is 11.8. The average Bonchev–Trinajstić information content (AvgIpc) is 2.38. The van der Waals surface area contributed by atoms with Crippen molar-refractivity contribution in [1.82, 2.24) is 0 Å². The predicted octanol–water partition coefficient (Wildman–Crippen LogP) is 3.77. The maximum Gasteiger partial charge on any atom is 0.235 e. The third-order valence-electron chi connectivity index (χ3n) is 2.53. The highest BCUT2D eigenvalue weighted by atomic mass is 35.5. The quantitative estimate of drug-likeness (QED) is 0.589. The molecule has 0 radical (unpaired) electrons. The number of benzene rings is 1. The minimum atomic E-state index is -0.538. The van der Waals surface area contributed by atoms with Crippen LogP contribution in [-0.2, 0) is 0 Å². The summed E-state index contributed by atoms with van der Waals surface area (Å²) in [5.41, 5.74) is 0.579. The van der Waals surface area contributed by atoms with Crippen molar-refractivity contribution < 1.29 is 14.4 Å². The van der Waals surface area contributed by atoms with Crippen LogP contribution in [0.4, 0.5) is 0 Å². The van der Waals surface area contributed by atoms with Gasteiger partial charge in [0.25, 0.3) is 0 Å². The van der Waals surface area contributed by atoms with Crippen molar-refractivity contribution in [3.63, 3.8) is 0 Å². The molecule has 0 heterocycles. The lowest BCUT2D eigenvalue weighted by molar-refractivity contribution is -0.400. The highest BCUT2D eigenvalue weighted by molar-refractivity contribution is 6.32. The summed E-state index contributed by atoms with van der Waals surface area (Å²) in [6.45, 7) is 3.93. The first-order chi connectivity index (χ1) is 8.97. The SMILES string of the molecule is CC[C@@H](C)Oc1c(Cl)cc(/C=C\[N+](=O)[O-])cc1OC. The molecule has 0 spiro atoms. The minimum Gasteiger partial charge on any atom is -0.493 e. The highest BCUT2D eigenvalue weighted by Gasteiger charge is 2.13. The zero-order valence-electron chi connectivity index (χ0n) is 11.1. The van der Waals surface area contributed by atoms with E-state index in [9.17, 15) is 10.1 Å². The summed E-state index contributed by atoms with van der Waals surface area (Å²) >= 11 is 6.12. The molecule has 1 aromatic carbocycles. The molecule has 0 bridgehead atoms. The van der Waals surface area contributed by atoms with Crippen LogP contribution in [-0.4, -0.2) is 18.1 Å². The van der Waals surface area contributed by atoms with Gasteiger partial charge in [-0.25, -0.2) is 0 Å². The molecule has 0 aliphatic heterocycles. The van der Waals surface area contributed by atoms with Gasteiger partial charge in [0.1, 0.15) is 0 Å². The van der Waals surface area contributed by atoms with E-state index in [2.05, 4.69) is 0 Å². The molecule has 5 nitrogen and oxygen atoms in total. The molecule has 19 heavy (non-hydrogen) atoms. The van der Waals surface area contributed by atoms with Crippen molar-refractivity contribution in [3.05, 3.63) is 39.0 Å². The average molecular weight is 286 g/mol. The lowest BCUT2D eigenvalue weighted by atomic mass is 10.2. The number of halogens is 1. The van der Waals surface area contributed by atoms with Gasteiger partial charge in [-0.1, -0.05) is 18.5 Å². The third kappa shape index (κ3) is 4.44. The van der Waals surface area contributed by atoms with E-state index >= 15 is 0 Å². The smallest absolute Gasteiger partial charge is 0.235 e. The topological polar surface area (TPSA) is 61.6 Å². The van der Waals surface area contributed by atoms with Gasteiger partial charge in [-0.05, 0) is 31.0 Å². The lowest BCUT2D eigenvalue weighted by Crippen LogP contribution is -2.11. The minimum absolute atomic E-state index is 0.00608. The molecule has 1 rings (SSSR count). The fourth-order valence-corrected chi connectivity index (χ4v) is 1.65. The second kappa shape index (κ2) is 6.99. The molecule has 6 heteroatoms. The van der Waals surface area contributed by atoms with Gasteiger partial charge in [0, 0.05) is 6.08 Å². The van der Waals surface area contributed by atoms with Crippen molar-refractivity contribution in [3.8, 4) is 11.5 Å². The Kier molecular flexibility index (Phi) is 5.63. The first-order valence-corrected chi connectivity index (χ1v) is 6.21. The zero-order chi connectivity index (χ0) is 14.4. The van der Waals surface area contributed by atoms with Gasteiger partial charge in [-0.3, -0.25) is 10.1 Å². The molecule has 0 saturated carbocycles. The fourth-order valence-electron chi connectivity index (χ4n) is 1.38. The molecular formula is C13H16ClNO4.